The number of hydrogen-bond acceptors (Lipinski definition) is 10. The van der Waals surface area contributed by atoms with E-state index < -0.39 is 67.4 Å². The Kier molecular flexibility index (Phi) is 55.3. The van der Waals surface area contributed by atoms with Crippen molar-refractivity contribution in [1.82, 2.24) is 5.32 Å². The molecule has 0 aromatic heterocycles. The monoisotopic (exact) mass is 1180 g/mol. The standard InChI is InChI=1S/C74H121NO10/c1-4-7-10-13-16-19-22-25-27-29-31-32-33-34-35-37-38-40-43-46-49-52-55-58-61-67(78)73(82)75-65(66(77)60-57-54-51-48-45-42-24-21-18-15-12-9-6-3)64-83-74-72(71(81)70(80)68(63-76)84-74)85-69(79)62-59-56-53-50-47-44-41-39-36-30-28-26-23-20-17-14-11-8-5-2/h7-8,10-11,16-17,19-20,25-28,31-32,34-36,39,44,47,53,56-57,60,65-68,70-72,74,76-78,80-81H,4-6,9,12-15,18,21-24,29-30,33,37-38,40-43,45-46,48-52,54-55,58-59,61-64H2,1-3H3,(H,75,82)/b10-7-,11-8-,19-16-,20-17-,27-25-,28-26-,32-31-,35-34-,39-36-,47-44-,56-53-,60-57+. The highest BCUT2D eigenvalue weighted by molar-refractivity contribution is 5.80. The Morgan fingerprint density at radius 1 is 0.471 bits per heavy atom. The van der Waals surface area contributed by atoms with Gasteiger partial charge in [0.05, 0.1) is 25.4 Å². The smallest absolute Gasteiger partial charge is 0.306 e. The highest BCUT2D eigenvalue weighted by atomic mass is 16.7. The minimum absolute atomic E-state index is 0.0101. The summed E-state index contributed by atoms with van der Waals surface area (Å²) in [4.78, 5) is 26.6. The quantitative estimate of drug-likeness (QED) is 0.0195. The number of ether oxygens (including phenoxy) is 3. The maximum absolute atomic E-state index is 13.5. The molecule has 482 valence electrons. The second-order valence-electron chi connectivity index (χ2n) is 22.4. The number of rotatable bonds is 55. The maximum atomic E-state index is 13.5. The van der Waals surface area contributed by atoms with Gasteiger partial charge in [0, 0.05) is 6.42 Å². The van der Waals surface area contributed by atoms with Crippen molar-refractivity contribution >= 4 is 11.9 Å². The van der Waals surface area contributed by atoms with Crippen LogP contribution in [-0.4, -0.2) is 99.6 Å². The SMILES string of the molecule is CC/C=C\C/C=C\C/C=C\C/C=C\C/C=C\C/C=C\CCC(=O)OC1C(OCC(NC(=O)C(O)CCCCCCCCCC/C=C\C/C=C\C/C=C\C/C=C\C/C=C\CC)C(O)/C=C/CCCCCCCCCCCCC)OC(CO)C(O)C1O. The van der Waals surface area contributed by atoms with E-state index in [1.807, 2.05) is 18.2 Å². The molecule has 8 unspecified atom stereocenters. The Bertz CT molecular complexity index is 1940. The summed E-state index contributed by atoms with van der Waals surface area (Å²) in [5, 5.41) is 57.1. The van der Waals surface area contributed by atoms with E-state index in [0.717, 1.165) is 122 Å². The van der Waals surface area contributed by atoms with Gasteiger partial charge >= 0.3 is 5.97 Å². The van der Waals surface area contributed by atoms with Gasteiger partial charge in [-0.1, -0.05) is 276 Å². The lowest BCUT2D eigenvalue weighted by Crippen LogP contribution is -2.61. The molecule has 1 saturated heterocycles. The lowest BCUT2D eigenvalue weighted by molar-refractivity contribution is -0.305. The van der Waals surface area contributed by atoms with Crippen LogP contribution in [0.1, 0.15) is 245 Å². The fourth-order valence-electron chi connectivity index (χ4n) is 9.53. The second kappa shape index (κ2) is 59.9. The van der Waals surface area contributed by atoms with Gasteiger partial charge in [0.15, 0.2) is 12.4 Å². The first kappa shape index (κ1) is 78.6. The van der Waals surface area contributed by atoms with Crippen molar-refractivity contribution in [3.63, 3.8) is 0 Å². The molecule has 0 bridgehead atoms. The van der Waals surface area contributed by atoms with Gasteiger partial charge in [-0.3, -0.25) is 9.59 Å². The predicted octanol–water partition coefficient (Wildman–Crippen LogP) is 16.9. The van der Waals surface area contributed by atoms with E-state index in [1.165, 1.54) is 70.6 Å². The number of nitrogens with one attached hydrogen (secondary N) is 1. The van der Waals surface area contributed by atoms with Crippen LogP contribution in [-0.2, 0) is 23.8 Å². The lowest BCUT2D eigenvalue weighted by Gasteiger charge is -2.41. The van der Waals surface area contributed by atoms with Gasteiger partial charge in [-0.15, -0.1) is 0 Å². The van der Waals surface area contributed by atoms with Crippen molar-refractivity contribution in [2.24, 2.45) is 0 Å². The number of carbonyl (C=O) groups excluding carboxylic acids is 2. The van der Waals surface area contributed by atoms with Crippen molar-refractivity contribution in [2.45, 2.75) is 294 Å². The Balaban J connectivity index is 2.69. The maximum Gasteiger partial charge on any atom is 0.306 e. The number of aliphatic hydroxyl groups excluding tert-OH is 5. The first-order valence-electron chi connectivity index (χ1n) is 33.6. The molecule has 6 N–H and O–H groups in total. The van der Waals surface area contributed by atoms with Crippen LogP contribution in [0.2, 0.25) is 0 Å². The van der Waals surface area contributed by atoms with Crippen LogP contribution < -0.4 is 5.32 Å². The van der Waals surface area contributed by atoms with Gasteiger partial charge in [0.25, 0.3) is 0 Å². The average Bonchev–Trinajstić information content (AvgIpc) is 2.49. The fourth-order valence-corrected chi connectivity index (χ4v) is 9.53. The molecule has 11 nitrogen and oxygen atoms in total. The van der Waals surface area contributed by atoms with E-state index in [1.54, 1.807) is 6.08 Å². The number of esters is 1. The van der Waals surface area contributed by atoms with Crippen molar-refractivity contribution in [3.8, 4) is 0 Å². The molecule has 0 saturated carbocycles. The summed E-state index contributed by atoms with van der Waals surface area (Å²) in [5.74, 6) is -1.30. The summed E-state index contributed by atoms with van der Waals surface area (Å²) in [6, 6.07) is -1.05. The predicted molar refractivity (Wildman–Crippen MR) is 356 cm³/mol. The highest BCUT2D eigenvalue weighted by Crippen LogP contribution is 2.26. The summed E-state index contributed by atoms with van der Waals surface area (Å²) in [5.41, 5.74) is 0. The topological polar surface area (TPSA) is 175 Å². The van der Waals surface area contributed by atoms with Gasteiger partial charge in [0.1, 0.15) is 24.4 Å². The van der Waals surface area contributed by atoms with Gasteiger partial charge in [-0.25, -0.2) is 0 Å². The van der Waals surface area contributed by atoms with Gasteiger partial charge in [-0.05, 0) is 109 Å². The van der Waals surface area contributed by atoms with Crippen molar-refractivity contribution in [1.29, 1.82) is 0 Å². The molecule has 1 aliphatic heterocycles. The molecule has 11 heteroatoms. The number of amides is 1. The summed E-state index contributed by atoms with van der Waals surface area (Å²) in [7, 11) is 0. The second-order valence-corrected chi connectivity index (χ2v) is 22.4. The molecule has 1 aliphatic rings. The van der Waals surface area contributed by atoms with Crippen LogP contribution >= 0.6 is 0 Å². The Labute approximate surface area is 517 Å². The number of aliphatic hydroxyl groups is 5. The van der Waals surface area contributed by atoms with Crippen molar-refractivity contribution in [3.05, 3.63) is 146 Å². The van der Waals surface area contributed by atoms with Gasteiger partial charge < -0.3 is 45.1 Å². The first-order valence-corrected chi connectivity index (χ1v) is 33.6. The van der Waals surface area contributed by atoms with E-state index in [9.17, 15) is 35.1 Å². The number of allylic oxidation sites excluding steroid dienone is 23. The molecule has 1 rings (SSSR count). The van der Waals surface area contributed by atoms with E-state index >= 15 is 0 Å². The zero-order chi connectivity index (χ0) is 61.7. The molecule has 0 aromatic carbocycles. The molecule has 0 radical (unpaired) electrons. The molecule has 1 fully saturated rings. The molecular formula is C74H121NO10. The van der Waals surface area contributed by atoms with E-state index in [-0.39, 0.29) is 19.4 Å². The summed E-state index contributed by atoms with van der Waals surface area (Å²) in [6.45, 7) is 5.52. The molecule has 0 spiro atoms. The van der Waals surface area contributed by atoms with Crippen LogP contribution in [0.3, 0.4) is 0 Å². The molecule has 8 atom stereocenters. The normalized spacial score (nSPS) is 19.4. The number of hydrogen-bond donors (Lipinski definition) is 6. The van der Waals surface area contributed by atoms with Crippen LogP contribution in [0, 0.1) is 0 Å². The third-order valence-electron chi connectivity index (χ3n) is 14.7. The van der Waals surface area contributed by atoms with Crippen molar-refractivity contribution < 1.29 is 49.3 Å². The minimum atomic E-state index is -1.66. The molecule has 1 heterocycles. The molecule has 85 heavy (non-hydrogen) atoms. The summed E-state index contributed by atoms with van der Waals surface area (Å²) < 4.78 is 17.6. The van der Waals surface area contributed by atoms with E-state index in [4.69, 9.17) is 14.2 Å². The number of carbonyl (C=O) groups is 2. The van der Waals surface area contributed by atoms with E-state index in [0.29, 0.717) is 19.3 Å². The summed E-state index contributed by atoms with van der Waals surface area (Å²) >= 11 is 0. The molecule has 0 aliphatic carbocycles. The van der Waals surface area contributed by atoms with Crippen LogP contribution in [0.15, 0.2) is 146 Å². The first-order chi connectivity index (χ1) is 41.7. The third kappa shape index (κ3) is 47.3. The molecular weight excluding hydrogens is 1060 g/mol. The van der Waals surface area contributed by atoms with Crippen molar-refractivity contribution in [2.75, 3.05) is 13.2 Å². The third-order valence-corrected chi connectivity index (χ3v) is 14.7. The zero-order valence-corrected chi connectivity index (χ0v) is 53.4. The van der Waals surface area contributed by atoms with E-state index in [2.05, 4.69) is 148 Å². The van der Waals surface area contributed by atoms with Crippen LogP contribution in [0.4, 0.5) is 0 Å². The van der Waals surface area contributed by atoms with Crippen LogP contribution in [0.5, 0.6) is 0 Å². The number of unbranched alkanes of at least 4 members (excludes halogenated alkanes) is 19. The lowest BCUT2D eigenvalue weighted by atomic mass is 9.99. The average molecular weight is 1180 g/mol. The van der Waals surface area contributed by atoms with Gasteiger partial charge in [0.2, 0.25) is 5.91 Å². The Morgan fingerprint density at radius 2 is 0.847 bits per heavy atom. The van der Waals surface area contributed by atoms with Crippen LogP contribution in [0.25, 0.3) is 0 Å². The Morgan fingerprint density at radius 3 is 1.27 bits per heavy atom. The largest absolute Gasteiger partial charge is 0.454 e. The molecule has 1 amide bonds. The Hall–Kier alpha value is -4.46. The highest BCUT2D eigenvalue weighted by Gasteiger charge is 2.47. The molecule has 0 aromatic rings. The summed E-state index contributed by atoms with van der Waals surface area (Å²) in [6.07, 6.45) is 76.0. The van der Waals surface area contributed by atoms with Gasteiger partial charge in [-0.2, -0.15) is 0 Å². The zero-order valence-electron chi connectivity index (χ0n) is 53.4. The fraction of sp³-hybridized carbons (Fsp3) is 0.649. The minimum Gasteiger partial charge on any atom is -0.454 e.